The van der Waals surface area contributed by atoms with Crippen molar-refractivity contribution in [3.05, 3.63) is 60.4 Å². The van der Waals surface area contributed by atoms with Crippen molar-refractivity contribution in [1.82, 2.24) is 9.55 Å². The number of fused-ring (bicyclic) bond motifs is 1. The molecule has 0 aliphatic heterocycles. The fraction of sp³-hybridized carbons (Fsp3) is 0.176. The molecule has 0 aliphatic carbocycles. The fourth-order valence-electron chi connectivity index (χ4n) is 2.21. The highest BCUT2D eigenvalue weighted by Crippen LogP contribution is 2.20. The molecule has 0 saturated carbocycles. The summed E-state index contributed by atoms with van der Waals surface area (Å²) >= 11 is 0. The molecule has 3 rings (SSSR count). The third-order valence-electron chi connectivity index (χ3n) is 3.48. The summed E-state index contributed by atoms with van der Waals surface area (Å²) in [6.45, 7) is 3.80. The third kappa shape index (κ3) is 2.65. The van der Waals surface area contributed by atoms with Gasteiger partial charge in [0.1, 0.15) is 11.8 Å². The zero-order valence-electron chi connectivity index (χ0n) is 12.0. The Morgan fingerprint density at radius 3 is 2.62 bits per heavy atom. The van der Waals surface area contributed by atoms with Crippen molar-refractivity contribution in [2.75, 3.05) is 0 Å². The van der Waals surface area contributed by atoms with Gasteiger partial charge in [-0.05, 0) is 38.1 Å². The Morgan fingerprint density at radius 1 is 1.14 bits per heavy atom. The quantitative estimate of drug-likeness (QED) is 0.544. The van der Waals surface area contributed by atoms with Crippen LogP contribution in [-0.2, 0) is 4.79 Å². The van der Waals surface area contributed by atoms with E-state index in [9.17, 15) is 4.79 Å². The van der Waals surface area contributed by atoms with E-state index in [-0.39, 0.29) is 5.97 Å². The van der Waals surface area contributed by atoms with Crippen molar-refractivity contribution in [2.45, 2.75) is 19.9 Å². The number of benzene rings is 2. The van der Waals surface area contributed by atoms with E-state index in [1.807, 2.05) is 54.8 Å². The molecule has 4 heteroatoms. The predicted molar refractivity (Wildman–Crippen MR) is 81.3 cm³/mol. The van der Waals surface area contributed by atoms with Gasteiger partial charge < -0.3 is 9.30 Å². The van der Waals surface area contributed by atoms with Crippen LogP contribution >= 0.6 is 0 Å². The van der Waals surface area contributed by atoms with Gasteiger partial charge in [0.15, 0.2) is 0 Å². The number of rotatable bonds is 3. The fourth-order valence-corrected chi connectivity index (χ4v) is 2.21. The van der Waals surface area contributed by atoms with E-state index in [2.05, 4.69) is 4.98 Å². The maximum atomic E-state index is 12.3. The van der Waals surface area contributed by atoms with E-state index in [0.29, 0.717) is 5.75 Å². The van der Waals surface area contributed by atoms with Crippen LogP contribution in [0.3, 0.4) is 0 Å². The second kappa shape index (κ2) is 5.40. The number of carbonyl (C=O) groups excluding carboxylic acids is 1. The van der Waals surface area contributed by atoms with Crippen LogP contribution in [-0.4, -0.2) is 15.5 Å². The first-order valence-electron chi connectivity index (χ1n) is 6.85. The number of esters is 1. The van der Waals surface area contributed by atoms with Crippen molar-refractivity contribution in [2.24, 2.45) is 0 Å². The smallest absolute Gasteiger partial charge is 0.334 e. The van der Waals surface area contributed by atoms with Gasteiger partial charge in [-0.25, -0.2) is 9.78 Å². The second-order valence-corrected chi connectivity index (χ2v) is 5.05. The van der Waals surface area contributed by atoms with Gasteiger partial charge in [-0.3, -0.25) is 0 Å². The van der Waals surface area contributed by atoms with Crippen molar-refractivity contribution in [3.8, 4) is 5.75 Å². The molecule has 0 radical (unpaired) electrons. The molecule has 106 valence electrons. The molecular weight excluding hydrogens is 264 g/mol. The molecule has 0 spiro atoms. The zero-order chi connectivity index (χ0) is 14.8. The van der Waals surface area contributed by atoms with Crippen molar-refractivity contribution in [3.63, 3.8) is 0 Å². The molecule has 0 N–H and O–H groups in total. The first kappa shape index (κ1) is 13.4. The Labute approximate surface area is 123 Å². The van der Waals surface area contributed by atoms with E-state index in [0.717, 1.165) is 16.6 Å². The predicted octanol–water partition coefficient (Wildman–Crippen LogP) is 3.51. The molecular formula is C17H16N2O2. The number of hydrogen-bond acceptors (Lipinski definition) is 3. The van der Waals surface area contributed by atoms with Gasteiger partial charge in [0.25, 0.3) is 0 Å². The SMILES string of the molecule is Cc1ccc(OC(=O)C(C)n2cnc3ccccc32)cc1. The summed E-state index contributed by atoms with van der Waals surface area (Å²) in [5.74, 6) is 0.254. The lowest BCUT2D eigenvalue weighted by atomic mass is 10.2. The lowest BCUT2D eigenvalue weighted by Crippen LogP contribution is -2.21. The number of carbonyl (C=O) groups is 1. The molecule has 0 saturated heterocycles. The van der Waals surface area contributed by atoms with Crippen LogP contribution in [0.4, 0.5) is 0 Å². The monoisotopic (exact) mass is 280 g/mol. The Kier molecular flexibility index (Phi) is 3.44. The number of aryl methyl sites for hydroxylation is 1. The van der Waals surface area contributed by atoms with Crippen LogP contribution in [0.2, 0.25) is 0 Å². The molecule has 0 aliphatic rings. The first-order valence-corrected chi connectivity index (χ1v) is 6.85. The largest absolute Gasteiger partial charge is 0.425 e. The van der Waals surface area contributed by atoms with Crippen LogP contribution < -0.4 is 4.74 Å². The number of para-hydroxylation sites is 2. The molecule has 0 fully saturated rings. The summed E-state index contributed by atoms with van der Waals surface area (Å²) in [4.78, 5) is 16.6. The summed E-state index contributed by atoms with van der Waals surface area (Å²) in [5.41, 5.74) is 2.92. The summed E-state index contributed by atoms with van der Waals surface area (Å²) < 4.78 is 7.24. The van der Waals surface area contributed by atoms with Crippen LogP contribution in [0.25, 0.3) is 11.0 Å². The minimum atomic E-state index is -0.432. The molecule has 1 heterocycles. The number of ether oxygens (including phenoxy) is 1. The average Bonchev–Trinajstić information content (AvgIpc) is 2.92. The van der Waals surface area contributed by atoms with Gasteiger partial charge in [0.05, 0.1) is 17.4 Å². The van der Waals surface area contributed by atoms with Crippen molar-refractivity contribution >= 4 is 17.0 Å². The standard InChI is InChI=1S/C17H16N2O2/c1-12-7-9-14(10-8-12)21-17(20)13(2)19-11-18-15-5-3-4-6-16(15)19/h3-11,13H,1-2H3. The molecule has 1 aromatic heterocycles. The molecule has 21 heavy (non-hydrogen) atoms. The van der Waals surface area contributed by atoms with Gasteiger partial charge >= 0.3 is 5.97 Å². The molecule has 1 unspecified atom stereocenters. The number of nitrogens with zero attached hydrogens (tertiary/aromatic N) is 2. The van der Waals surface area contributed by atoms with E-state index >= 15 is 0 Å². The van der Waals surface area contributed by atoms with Gasteiger partial charge in [-0.15, -0.1) is 0 Å². The van der Waals surface area contributed by atoms with Gasteiger partial charge in [-0.1, -0.05) is 29.8 Å². The molecule has 0 bridgehead atoms. The van der Waals surface area contributed by atoms with E-state index in [1.165, 1.54) is 0 Å². The first-order chi connectivity index (χ1) is 10.1. The average molecular weight is 280 g/mol. The van der Waals surface area contributed by atoms with Crippen LogP contribution in [0.5, 0.6) is 5.75 Å². The highest BCUT2D eigenvalue weighted by molar-refractivity contribution is 5.81. The maximum Gasteiger partial charge on any atom is 0.334 e. The highest BCUT2D eigenvalue weighted by atomic mass is 16.5. The highest BCUT2D eigenvalue weighted by Gasteiger charge is 2.19. The minimum absolute atomic E-state index is 0.304. The summed E-state index contributed by atoms with van der Waals surface area (Å²) in [6.07, 6.45) is 1.67. The topological polar surface area (TPSA) is 44.1 Å². The van der Waals surface area contributed by atoms with Crippen LogP contribution in [0.15, 0.2) is 54.9 Å². The maximum absolute atomic E-state index is 12.3. The Balaban J connectivity index is 1.82. The number of hydrogen-bond donors (Lipinski definition) is 0. The summed E-state index contributed by atoms with van der Waals surface area (Å²) in [7, 11) is 0. The van der Waals surface area contributed by atoms with Crippen LogP contribution in [0, 0.1) is 6.92 Å². The summed E-state index contributed by atoms with van der Waals surface area (Å²) in [6, 6.07) is 14.7. The molecule has 3 aromatic rings. The Hall–Kier alpha value is -2.62. The normalized spacial score (nSPS) is 12.3. The molecule has 1 atom stereocenters. The second-order valence-electron chi connectivity index (χ2n) is 5.05. The van der Waals surface area contributed by atoms with E-state index < -0.39 is 6.04 Å². The van der Waals surface area contributed by atoms with Gasteiger partial charge in [0.2, 0.25) is 0 Å². The van der Waals surface area contributed by atoms with Gasteiger partial charge in [-0.2, -0.15) is 0 Å². The lowest BCUT2D eigenvalue weighted by Gasteiger charge is -2.13. The van der Waals surface area contributed by atoms with Crippen LogP contribution in [0.1, 0.15) is 18.5 Å². The lowest BCUT2D eigenvalue weighted by molar-refractivity contribution is -0.137. The van der Waals surface area contributed by atoms with Crippen molar-refractivity contribution < 1.29 is 9.53 Å². The Morgan fingerprint density at radius 2 is 1.86 bits per heavy atom. The zero-order valence-corrected chi connectivity index (χ0v) is 12.0. The van der Waals surface area contributed by atoms with E-state index in [1.54, 1.807) is 18.5 Å². The van der Waals surface area contributed by atoms with Gasteiger partial charge in [0, 0.05) is 0 Å². The molecule has 2 aromatic carbocycles. The molecule has 4 nitrogen and oxygen atoms in total. The molecule has 0 amide bonds. The third-order valence-corrected chi connectivity index (χ3v) is 3.48. The Bertz CT molecular complexity index is 775. The minimum Gasteiger partial charge on any atom is -0.425 e. The van der Waals surface area contributed by atoms with Crippen molar-refractivity contribution in [1.29, 1.82) is 0 Å². The number of imidazole rings is 1. The van der Waals surface area contributed by atoms with E-state index in [4.69, 9.17) is 4.74 Å². The number of aromatic nitrogens is 2. The summed E-state index contributed by atoms with van der Waals surface area (Å²) in [5, 5.41) is 0.